The fourth-order valence-electron chi connectivity index (χ4n) is 2.83. The molecule has 0 saturated carbocycles. The van der Waals surface area contributed by atoms with Crippen molar-refractivity contribution in [3.63, 3.8) is 0 Å². The first kappa shape index (κ1) is 21.0. The molecule has 0 fully saturated rings. The predicted molar refractivity (Wildman–Crippen MR) is 105 cm³/mol. The van der Waals surface area contributed by atoms with Crippen LogP contribution in [-0.4, -0.2) is 49.0 Å². The van der Waals surface area contributed by atoms with Crippen LogP contribution in [-0.2, 0) is 10.3 Å². The van der Waals surface area contributed by atoms with Gasteiger partial charge < -0.3 is 20.1 Å². The summed E-state index contributed by atoms with van der Waals surface area (Å²) in [5, 5.41) is 12.2. The number of nitrogens with zero attached hydrogens (tertiary/aromatic N) is 1. The Balaban J connectivity index is 2.30. The molecule has 0 saturated heterocycles. The third-order valence-electron chi connectivity index (χ3n) is 4.40. The van der Waals surface area contributed by atoms with Crippen molar-refractivity contribution in [2.45, 2.75) is 18.9 Å². The van der Waals surface area contributed by atoms with Crippen LogP contribution in [0.25, 0.3) is 0 Å². The number of benzene rings is 2. The minimum atomic E-state index is -1.14. The minimum Gasteiger partial charge on any atom is -0.497 e. The van der Waals surface area contributed by atoms with E-state index in [0.717, 1.165) is 0 Å². The number of methoxy groups -OCH3 is 1. The summed E-state index contributed by atoms with van der Waals surface area (Å²) >= 11 is 0. The van der Waals surface area contributed by atoms with Gasteiger partial charge >= 0.3 is 5.97 Å². The molecule has 0 spiro atoms. The van der Waals surface area contributed by atoms with E-state index in [1.54, 1.807) is 69.6 Å². The highest BCUT2D eigenvalue weighted by Gasteiger charge is 2.32. The molecule has 1 atom stereocenters. The molecule has 7 nitrogen and oxygen atoms in total. The average molecular weight is 384 g/mol. The normalized spacial score (nSPS) is 12.6. The van der Waals surface area contributed by atoms with Gasteiger partial charge in [-0.1, -0.05) is 12.1 Å². The SMILES string of the molecule is COc1cccc(C(C)(CC(=O)O)NC(=O)c2ccc(C(=O)N(C)C)cc2)c1. The smallest absolute Gasteiger partial charge is 0.306 e. The molecule has 2 aromatic rings. The van der Waals surface area contributed by atoms with Gasteiger partial charge in [0.25, 0.3) is 11.8 Å². The Kier molecular flexibility index (Phi) is 6.41. The molecule has 0 aromatic heterocycles. The topological polar surface area (TPSA) is 95.9 Å². The minimum absolute atomic E-state index is 0.168. The number of carboxylic acid groups (broad SMARTS) is 1. The molecule has 2 rings (SSSR count). The number of aliphatic carboxylic acids is 1. The van der Waals surface area contributed by atoms with Gasteiger partial charge in [0.05, 0.1) is 19.1 Å². The number of carboxylic acids is 1. The highest BCUT2D eigenvalue weighted by atomic mass is 16.5. The maximum atomic E-state index is 12.8. The number of amides is 2. The zero-order valence-electron chi connectivity index (χ0n) is 16.4. The monoisotopic (exact) mass is 384 g/mol. The van der Waals surface area contributed by atoms with Crippen molar-refractivity contribution in [3.05, 3.63) is 65.2 Å². The zero-order valence-corrected chi connectivity index (χ0v) is 16.4. The summed E-state index contributed by atoms with van der Waals surface area (Å²) in [6.07, 6.45) is -0.302. The van der Waals surface area contributed by atoms with Crippen molar-refractivity contribution in [1.82, 2.24) is 10.2 Å². The Hall–Kier alpha value is -3.35. The summed E-state index contributed by atoms with van der Waals surface area (Å²) in [6.45, 7) is 1.65. The van der Waals surface area contributed by atoms with Crippen LogP contribution >= 0.6 is 0 Å². The van der Waals surface area contributed by atoms with Crippen LogP contribution in [0.4, 0.5) is 0 Å². The standard InChI is InChI=1S/C21H24N2O5/c1-21(13-18(24)25,16-6-5-7-17(12-16)28-4)22-19(26)14-8-10-15(11-9-14)20(27)23(2)3/h5-12H,13H2,1-4H3,(H,22,26)(H,24,25). The van der Waals surface area contributed by atoms with Gasteiger partial charge in [0, 0.05) is 25.2 Å². The fourth-order valence-corrected chi connectivity index (χ4v) is 2.83. The molecular formula is C21H24N2O5. The molecule has 0 radical (unpaired) electrons. The summed E-state index contributed by atoms with van der Waals surface area (Å²) in [4.78, 5) is 37.6. The number of carbonyl (C=O) groups excluding carboxylic acids is 2. The van der Waals surface area contributed by atoms with E-state index >= 15 is 0 Å². The zero-order chi connectivity index (χ0) is 20.9. The third-order valence-corrected chi connectivity index (χ3v) is 4.40. The Morgan fingerprint density at radius 1 is 1.07 bits per heavy atom. The molecule has 2 amide bonds. The summed E-state index contributed by atoms with van der Waals surface area (Å²) in [7, 11) is 4.81. The number of ether oxygens (including phenoxy) is 1. The van der Waals surface area contributed by atoms with Crippen molar-refractivity contribution in [3.8, 4) is 5.75 Å². The van der Waals surface area contributed by atoms with Crippen molar-refractivity contribution < 1.29 is 24.2 Å². The van der Waals surface area contributed by atoms with Crippen LogP contribution in [0.3, 0.4) is 0 Å². The first-order valence-electron chi connectivity index (χ1n) is 8.67. The van der Waals surface area contributed by atoms with Gasteiger partial charge in [0.15, 0.2) is 0 Å². The highest BCUT2D eigenvalue weighted by molar-refractivity contribution is 5.98. The first-order chi connectivity index (χ1) is 13.2. The lowest BCUT2D eigenvalue weighted by atomic mass is 9.88. The van der Waals surface area contributed by atoms with Crippen molar-refractivity contribution in [1.29, 1.82) is 0 Å². The lowest BCUT2D eigenvalue weighted by molar-refractivity contribution is -0.138. The lowest BCUT2D eigenvalue weighted by Gasteiger charge is -2.30. The maximum Gasteiger partial charge on any atom is 0.306 e. The van der Waals surface area contributed by atoms with Gasteiger partial charge in [-0.25, -0.2) is 0 Å². The van der Waals surface area contributed by atoms with Crippen LogP contribution in [0.2, 0.25) is 0 Å². The molecular weight excluding hydrogens is 360 g/mol. The van der Waals surface area contributed by atoms with E-state index in [4.69, 9.17) is 4.74 Å². The second-order valence-corrected chi connectivity index (χ2v) is 6.87. The molecule has 0 aliphatic heterocycles. The van der Waals surface area contributed by atoms with Crippen LogP contribution in [0, 0.1) is 0 Å². The van der Waals surface area contributed by atoms with Crippen LogP contribution < -0.4 is 10.1 Å². The second-order valence-electron chi connectivity index (χ2n) is 6.87. The van der Waals surface area contributed by atoms with E-state index in [1.807, 2.05) is 0 Å². The fraction of sp³-hybridized carbons (Fsp3) is 0.286. The lowest BCUT2D eigenvalue weighted by Crippen LogP contribution is -2.45. The Labute approximate surface area is 163 Å². The summed E-state index contributed by atoms with van der Waals surface area (Å²) in [5.74, 6) is -1.08. The number of hydrogen-bond donors (Lipinski definition) is 2. The second kappa shape index (κ2) is 8.56. The van der Waals surface area contributed by atoms with E-state index in [-0.39, 0.29) is 12.3 Å². The molecule has 1 unspecified atom stereocenters. The molecule has 2 aromatic carbocycles. The molecule has 7 heteroatoms. The summed E-state index contributed by atoms with van der Waals surface area (Å²) in [6, 6.07) is 13.1. The van der Waals surface area contributed by atoms with Crippen LogP contribution in [0.5, 0.6) is 5.75 Å². The molecule has 0 bridgehead atoms. The first-order valence-corrected chi connectivity index (χ1v) is 8.67. The van der Waals surface area contributed by atoms with Gasteiger partial charge in [0.2, 0.25) is 0 Å². The van der Waals surface area contributed by atoms with Gasteiger partial charge in [-0.15, -0.1) is 0 Å². The summed E-state index contributed by atoms with van der Waals surface area (Å²) < 4.78 is 5.20. The number of hydrogen-bond acceptors (Lipinski definition) is 4. The number of rotatable bonds is 7. The highest BCUT2D eigenvalue weighted by Crippen LogP contribution is 2.28. The van der Waals surface area contributed by atoms with E-state index in [9.17, 15) is 19.5 Å². The van der Waals surface area contributed by atoms with Gasteiger partial charge in [-0.05, 0) is 48.9 Å². The molecule has 0 aliphatic rings. The van der Waals surface area contributed by atoms with Crippen molar-refractivity contribution >= 4 is 17.8 Å². The Bertz CT molecular complexity index is 877. The van der Waals surface area contributed by atoms with E-state index in [1.165, 1.54) is 12.0 Å². The van der Waals surface area contributed by atoms with E-state index < -0.39 is 17.4 Å². The van der Waals surface area contributed by atoms with Gasteiger partial charge in [-0.2, -0.15) is 0 Å². The van der Waals surface area contributed by atoms with Gasteiger partial charge in [-0.3, -0.25) is 14.4 Å². The number of carbonyl (C=O) groups is 3. The van der Waals surface area contributed by atoms with Crippen LogP contribution in [0.1, 0.15) is 39.6 Å². The third kappa shape index (κ3) is 4.88. The van der Waals surface area contributed by atoms with E-state index in [2.05, 4.69) is 5.32 Å². The quantitative estimate of drug-likeness (QED) is 0.765. The molecule has 0 aliphatic carbocycles. The van der Waals surface area contributed by atoms with Gasteiger partial charge in [0.1, 0.15) is 5.75 Å². The van der Waals surface area contributed by atoms with Crippen LogP contribution in [0.15, 0.2) is 48.5 Å². The van der Waals surface area contributed by atoms with Crippen molar-refractivity contribution in [2.75, 3.05) is 21.2 Å². The summed E-state index contributed by atoms with van der Waals surface area (Å²) in [5.41, 5.74) is 0.259. The number of nitrogens with one attached hydrogen (secondary N) is 1. The maximum absolute atomic E-state index is 12.8. The molecule has 0 heterocycles. The molecule has 148 valence electrons. The van der Waals surface area contributed by atoms with Crippen molar-refractivity contribution in [2.24, 2.45) is 0 Å². The Morgan fingerprint density at radius 2 is 1.68 bits per heavy atom. The molecule has 28 heavy (non-hydrogen) atoms. The van der Waals surface area contributed by atoms with E-state index in [0.29, 0.717) is 22.4 Å². The predicted octanol–water partition coefficient (Wildman–Crippen LogP) is 2.52. The largest absolute Gasteiger partial charge is 0.497 e. The molecule has 2 N–H and O–H groups in total. The Morgan fingerprint density at radius 3 is 2.21 bits per heavy atom. The average Bonchev–Trinajstić information content (AvgIpc) is 2.66.